The molecule has 0 saturated heterocycles. The Morgan fingerprint density at radius 2 is 1.83 bits per heavy atom. The van der Waals surface area contributed by atoms with Crippen molar-refractivity contribution in [3.05, 3.63) is 75.8 Å². The van der Waals surface area contributed by atoms with Crippen LogP contribution in [0.4, 0.5) is 0 Å². The van der Waals surface area contributed by atoms with E-state index >= 15 is 0 Å². The van der Waals surface area contributed by atoms with Crippen LogP contribution in [0.2, 0.25) is 10.0 Å². The second-order valence-electron chi connectivity index (χ2n) is 7.05. The number of hydrazone groups is 1. The third-order valence-electron chi connectivity index (χ3n) is 4.99. The third-order valence-corrected chi connectivity index (χ3v) is 5.55. The van der Waals surface area contributed by atoms with Crippen LogP contribution in [0.3, 0.4) is 0 Å². The lowest BCUT2D eigenvalue weighted by molar-refractivity contribution is -0.132. The second kappa shape index (κ2) is 8.09. The summed E-state index contributed by atoms with van der Waals surface area (Å²) in [5, 5.41) is 8.71. The predicted molar refractivity (Wildman–Crippen MR) is 118 cm³/mol. The SMILES string of the molecule is CC(=O)Oc1c(C2=NN(C(C)=O)C(c3ccc(Cl)cc3Cl)C2)ccc2ccccc12. The molecule has 1 atom stereocenters. The van der Waals surface area contributed by atoms with Gasteiger partial charge in [0.2, 0.25) is 5.91 Å². The largest absolute Gasteiger partial charge is 0.425 e. The third kappa shape index (κ3) is 3.78. The molecular weight excluding hydrogens is 423 g/mol. The van der Waals surface area contributed by atoms with Crippen LogP contribution in [0.1, 0.15) is 37.4 Å². The minimum Gasteiger partial charge on any atom is -0.425 e. The molecule has 0 fully saturated rings. The van der Waals surface area contributed by atoms with Crippen LogP contribution in [0.25, 0.3) is 10.8 Å². The zero-order valence-electron chi connectivity index (χ0n) is 16.4. The first-order chi connectivity index (χ1) is 14.3. The molecule has 152 valence electrons. The second-order valence-corrected chi connectivity index (χ2v) is 7.90. The smallest absolute Gasteiger partial charge is 0.308 e. The average Bonchev–Trinajstić information content (AvgIpc) is 3.13. The average molecular weight is 441 g/mol. The fourth-order valence-corrected chi connectivity index (χ4v) is 4.24. The van der Waals surface area contributed by atoms with Gasteiger partial charge in [-0.15, -0.1) is 0 Å². The normalized spacial score (nSPS) is 15.9. The van der Waals surface area contributed by atoms with Crippen molar-refractivity contribution in [3.63, 3.8) is 0 Å². The predicted octanol–water partition coefficient (Wildman–Crippen LogP) is 5.77. The number of halogens is 2. The van der Waals surface area contributed by atoms with E-state index in [1.165, 1.54) is 18.9 Å². The van der Waals surface area contributed by atoms with Gasteiger partial charge in [0.15, 0.2) is 0 Å². The van der Waals surface area contributed by atoms with Gasteiger partial charge in [0.05, 0.1) is 11.8 Å². The number of fused-ring (bicyclic) bond motifs is 1. The summed E-state index contributed by atoms with van der Waals surface area (Å²) >= 11 is 12.4. The maximum atomic E-state index is 12.3. The number of rotatable bonds is 3. The lowest BCUT2D eigenvalue weighted by atomic mass is 9.96. The Hall–Kier alpha value is -2.89. The summed E-state index contributed by atoms with van der Waals surface area (Å²) in [4.78, 5) is 24.1. The molecule has 0 N–H and O–H groups in total. The van der Waals surface area contributed by atoms with Crippen LogP contribution >= 0.6 is 23.2 Å². The molecule has 1 amide bonds. The van der Waals surface area contributed by atoms with Crippen LogP contribution in [-0.2, 0) is 9.59 Å². The van der Waals surface area contributed by atoms with Crippen LogP contribution in [0.5, 0.6) is 5.75 Å². The van der Waals surface area contributed by atoms with Crippen LogP contribution in [0.15, 0.2) is 59.7 Å². The van der Waals surface area contributed by atoms with E-state index in [9.17, 15) is 9.59 Å². The molecule has 3 aromatic carbocycles. The van der Waals surface area contributed by atoms with Gasteiger partial charge in [-0.25, -0.2) is 5.01 Å². The van der Waals surface area contributed by atoms with Crippen molar-refractivity contribution in [2.24, 2.45) is 5.10 Å². The van der Waals surface area contributed by atoms with E-state index < -0.39 is 5.97 Å². The Morgan fingerprint density at radius 1 is 1.07 bits per heavy atom. The van der Waals surface area contributed by atoms with Crippen molar-refractivity contribution < 1.29 is 14.3 Å². The van der Waals surface area contributed by atoms with Gasteiger partial charge in [0.25, 0.3) is 0 Å². The van der Waals surface area contributed by atoms with Gasteiger partial charge < -0.3 is 4.74 Å². The first kappa shape index (κ1) is 20.4. The zero-order chi connectivity index (χ0) is 21.4. The molecule has 1 aliphatic heterocycles. The number of carbonyl (C=O) groups is 2. The highest BCUT2D eigenvalue weighted by Gasteiger charge is 2.34. The summed E-state index contributed by atoms with van der Waals surface area (Å²) in [5.41, 5.74) is 2.07. The van der Waals surface area contributed by atoms with Crippen LogP contribution in [-0.4, -0.2) is 22.6 Å². The van der Waals surface area contributed by atoms with E-state index in [0.717, 1.165) is 16.3 Å². The minimum atomic E-state index is -0.424. The van der Waals surface area contributed by atoms with Crippen LogP contribution in [0, 0.1) is 0 Å². The summed E-state index contributed by atoms with van der Waals surface area (Å²) in [5.74, 6) is -0.200. The van der Waals surface area contributed by atoms with Crippen molar-refractivity contribution >= 4 is 51.6 Å². The Labute approximate surface area is 183 Å². The number of esters is 1. The van der Waals surface area contributed by atoms with E-state index in [4.69, 9.17) is 27.9 Å². The van der Waals surface area contributed by atoms with Crippen molar-refractivity contribution in [2.45, 2.75) is 26.3 Å². The fourth-order valence-electron chi connectivity index (χ4n) is 3.70. The molecule has 1 unspecified atom stereocenters. The van der Waals surface area contributed by atoms with Crippen LogP contribution < -0.4 is 4.74 Å². The van der Waals surface area contributed by atoms with Gasteiger partial charge in [-0.1, -0.05) is 59.6 Å². The molecule has 3 aromatic rings. The molecule has 5 nitrogen and oxygen atoms in total. The van der Waals surface area contributed by atoms with Gasteiger partial charge in [-0.2, -0.15) is 5.10 Å². The molecule has 0 aliphatic carbocycles. The van der Waals surface area contributed by atoms with Crippen molar-refractivity contribution in [3.8, 4) is 5.75 Å². The van der Waals surface area contributed by atoms with Gasteiger partial charge >= 0.3 is 5.97 Å². The summed E-state index contributed by atoms with van der Waals surface area (Å²) in [6, 6.07) is 16.3. The summed E-state index contributed by atoms with van der Waals surface area (Å²) < 4.78 is 5.58. The molecule has 0 bridgehead atoms. The Morgan fingerprint density at radius 3 is 2.53 bits per heavy atom. The maximum absolute atomic E-state index is 12.3. The standard InChI is InChI=1S/C23H18Cl2N2O3/c1-13(28)27-22(18-10-8-16(24)11-20(18)25)12-21(26-27)19-9-7-15-5-3-4-6-17(15)23(19)30-14(2)29/h3-11,22H,12H2,1-2H3. The monoisotopic (exact) mass is 440 g/mol. The Kier molecular flexibility index (Phi) is 5.50. The number of carbonyl (C=O) groups excluding carboxylic acids is 2. The molecule has 7 heteroatoms. The van der Waals surface area contributed by atoms with E-state index in [1.54, 1.807) is 18.2 Å². The molecule has 1 heterocycles. The minimum absolute atomic E-state index is 0.212. The molecule has 0 spiro atoms. The first-order valence-electron chi connectivity index (χ1n) is 9.38. The van der Waals surface area contributed by atoms with Gasteiger partial charge in [0.1, 0.15) is 5.75 Å². The zero-order valence-corrected chi connectivity index (χ0v) is 17.9. The highest BCUT2D eigenvalue weighted by molar-refractivity contribution is 6.35. The van der Waals surface area contributed by atoms with E-state index in [-0.39, 0.29) is 11.9 Å². The molecule has 1 aliphatic rings. The number of ether oxygens (including phenoxy) is 1. The lowest BCUT2D eigenvalue weighted by Crippen LogP contribution is -2.24. The number of hydrogen-bond donors (Lipinski definition) is 0. The van der Waals surface area contributed by atoms with Crippen molar-refractivity contribution in [2.75, 3.05) is 0 Å². The number of hydrogen-bond acceptors (Lipinski definition) is 4. The first-order valence-corrected chi connectivity index (χ1v) is 10.1. The quantitative estimate of drug-likeness (QED) is 0.383. The van der Waals surface area contributed by atoms with Gasteiger partial charge in [-0.05, 0) is 29.1 Å². The maximum Gasteiger partial charge on any atom is 0.308 e. The summed E-state index contributed by atoms with van der Waals surface area (Å²) in [6.07, 6.45) is 0.424. The molecular formula is C23H18Cl2N2O3. The van der Waals surface area contributed by atoms with Crippen molar-refractivity contribution in [1.82, 2.24) is 5.01 Å². The van der Waals surface area contributed by atoms with Gasteiger partial charge in [-0.3, -0.25) is 9.59 Å². The van der Waals surface area contributed by atoms with E-state index in [1.807, 2.05) is 36.4 Å². The molecule has 0 saturated carbocycles. The Balaban J connectivity index is 1.82. The highest BCUT2D eigenvalue weighted by Crippen LogP contribution is 2.40. The van der Waals surface area contributed by atoms with E-state index in [2.05, 4.69) is 5.10 Å². The highest BCUT2D eigenvalue weighted by atomic mass is 35.5. The number of nitrogens with zero attached hydrogens (tertiary/aromatic N) is 2. The molecule has 30 heavy (non-hydrogen) atoms. The molecule has 4 rings (SSSR count). The topological polar surface area (TPSA) is 59.0 Å². The van der Waals surface area contributed by atoms with Crippen molar-refractivity contribution in [1.29, 1.82) is 0 Å². The summed E-state index contributed by atoms with van der Waals surface area (Å²) in [6.45, 7) is 2.82. The Bertz CT molecular complexity index is 1210. The molecule has 0 aromatic heterocycles. The molecule has 0 radical (unpaired) electrons. The summed E-state index contributed by atoms with van der Waals surface area (Å²) in [7, 11) is 0. The number of benzene rings is 3. The number of amides is 1. The van der Waals surface area contributed by atoms with Gasteiger partial charge in [0, 0.05) is 41.3 Å². The van der Waals surface area contributed by atoms with E-state index in [0.29, 0.717) is 33.5 Å². The fraction of sp³-hybridized carbons (Fsp3) is 0.174. The lowest BCUT2D eigenvalue weighted by Gasteiger charge is -2.21.